The van der Waals surface area contributed by atoms with Crippen molar-refractivity contribution in [2.24, 2.45) is 0 Å². The topological polar surface area (TPSA) is 186 Å². The van der Waals surface area contributed by atoms with Gasteiger partial charge in [0.1, 0.15) is 23.8 Å². The van der Waals surface area contributed by atoms with Crippen LogP contribution in [0, 0.1) is 3.83 Å². The van der Waals surface area contributed by atoms with Crippen LogP contribution in [0.4, 0.5) is 5.82 Å². The van der Waals surface area contributed by atoms with E-state index in [1.807, 2.05) is 22.6 Å². The van der Waals surface area contributed by atoms with Gasteiger partial charge in [0.25, 0.3) is 0 Å². The number of phosphoric ester groups is 1. The number of fused-ring (bicyclic) bond motifs is 1. The number of hydrogen-bond acceptors (Lipinski definition) is 9. The standard InChI is InChI=1S/C10H13IN5O7P/c11-10-14-7(12)4-8(15-10)16(2-13-4)9-6(18)5(17)3(23-9)1-22-24(19,20)21/h2-3,5-6,9,17-18H,1H2,(H2,12,14,15)(H2,19,20,21)/t3-,5-,6-,9-/m1/s1. The summed E-state index contributed by atoms with van der Waals surface area (Å²) in [6, 6.07) is 0. The average molecular weight is 473 g/mol. The van der Waals surface area contributed by atoms with E-state index in [0.717, 1.165) is 0 Å². The minimum absolute atomic E-state index is 0.151. The van der Waals surface area contributed by atoms with Crippen molar-refractivity contribution in [1.82, 2.24) is 19.5 Å². The average Bonchev–Trinajstić information content (AvgIpc) is 3.00. The van der Waals surface area contributed by atoms with Crippen molar-refractivity contribution in [3.63, 3.8) is 0 Å². The summed E-state index contributed by atoms with van der Waals surface area (Å²) in [5.74, 6) is 0.151. The fraction of sp³-hybridized carbons (Fsp3) is 0.500. The van der Waals surface area contributed by atoms with E-state index in [1.165, 1.54) is 10.9 Å². The van der Waals surface area contributed by atoms with Gasteiger partial charge in [0.15, 0.2) is 21.5 Å². The summed E-state index contributed by atoms with van der Waals surface area (Å²) < 4.78 is 22.3. The predicted octanol–water partition coefficient (Wildman–Crippen LogP) is -1.26. The number of aliphatic hydroxyl groups excluding tert-OH is 2. The van der Waals surface area contributed by atoms with E-state index in [-0.39, 0.29) is 5.82 Å². The molecule has 132 valence electrons. The minimum Gasteiger partial charge on any atom is -0.387 e. The molecule has 4 atom stereocenters. The predicted molar refractivity (Wildman–Crippen MR) is 86.4 cm³/mol. The zero-order valence-corrected chi connectivity index (χ0v) is 14.9. The largest absolute Gasteiger partial charge is 0.469 e. The number of nitrogens with two attached hydrogens (primary N) is 1. The maximum Gasteiger partial charge on any atom is 0.469 e. The van der Waals surface area contributed by atoms with E-state index in [1.54, 1.807) is 0 Å². The van der Waals surface area contributed by atoms with Crippen molar-refractivity contribution < 1.29 is 33.8 Å². The molecule has 0 bridgehead atoms. The Hall–Kier alpha value is -0.930. The van der Waals surface area contributed by atoms with Gasteiger partial charge in [-0.15, -0.1) is 0 Å². The van der Waals surface area contributed by atoms with Gasteiger partial charge in [-0.3, -0.25) is 9.09 Å². The fourth-order valence-electron chi connectivity index (χ4n) is 2.36. The van der Waals surface area contributed by atoms with Gasteiger partial charge >= 0.3 is 7.82 Å². The van der Waals surface area contributed by atoms with Crippen molar-refractivity contribution in [2.45, 2.75) is 24.5 Å². The van der Waals surface area contributed by atoms with Crippen molar-refractivity contribution in [1.29, 1.82) is 0 Å². The first kappa shape index (κ1) is 17.9. The number of rotatable bonds is 4. The highest BCUT2D eigenvalue weighted by Crippen LogP contribution is 2.38. The van der Waals surface area contributed by atoms with Crippen molar-refractivity contribution in [3.8, 4) is 0 Å². The molecule has 0 aliphatic carbocycles. The molecule has 1 aliphatic rings. The van der Waals surface area contributed by atoms with E-state index >= 15 is 0 Å². The minimum atomic E-state index is -4.73. The van der Waals surface area contributed by atoms with Crippen LogP contribution in [0.3, 0.4) is 0 Å². The molecular weight excluding hydrogens is 460 g/mol. The number of anilines is 1. The van der Waals surface area contributed by atoms with Gasteiger partial charge < -0.3 is 30.5 Å². The molecule has 6 N–H and O–H groups in total. The van der Waals surface area contributed by atoms with Gasteiger partial charge in [0.05, 0.1) is 12.9 Å². The van der Waals surface area contributed by atoms with Crippen molar-refractivity contribution >= 4 is 47.4 Å². The molecule has 1 aliphatic heterocycles. The molecule has 14 heteroatoms. The molecule has 12 nitrogen and oxygen atoms in total. The molecule has 1 saturated heterocycles. The number of imidazole rings is 1. The number of hydrogen-bond donors (Lipinski definition) is 5. The first-order chi connectivity index (χ1) is 11.2. The lowest BCUT2D eigenvalue weighted by Crippen LogP contribution is -2.33. The maximum atomic E-state index is 10.8. The number of halogens is 1. The normalized spacial score (nSPS) is 27.9. The summed E-state index contributed by atoms with van der Waals surface area (Å²) in [6.07, 6.45) is -3.72. The molecule has 2 aromatic rings. The summed E-state index contributed by atoms with van der Waals surface area (Å²) in [6.45, 7) is -0.597. The van der Waals surface area contributed by atoms with Crippen LogP contribution in [-0.2, 0) is 13.8 Å². The smallest absolute Gasteiger partial charge is 0.387 e. The Bertz CT molecular complexity index is 812. The molecule has 0 amide bonds. The zero-order valence-electron chi connectivity index (χ0n) is 11.8. The van der Waals surface area contributed by atoms with Gasteiger partial charge in [-0.1, -0.05) is 0 Å². The summed E-state index contributed by atoms with van der Waals surface area (Å²) in [5.41, 5.74) is 6.36. The second-order valence-corrected chi connectivity index (χ2v) is 7.24. The maximum absolute atomic E-state index is 10.8. The van der Waals surface area contributed by atoms with Gasteiger partial charge in [-0.05, 0) is 0 Å². The Morgan fingerprint density at radius 1 is 1.38 bits per heavy atom. The molecule has 1 fully saturated rings. The lowest BCUT2D eigenvalue weighted by molar-refractivity contribution is -0.0504. The molecule has 0 radical (unpaired) electrons. The summed E-state index contributed by atoms with van der Waals surface area (Å²) in [7, 11) is -4.73. The van der Waals surface area contributed by atoms with Crippen LogP contribution < -0.4 is 5.73 Å². The van der Waals surface area contributed by atoms with Crippen LogP contribution in [0.2, 0.25) is 0 Å². The quantitative estimate of drug-likeness (QED) is 0.203. The van der Waals surface area contributed by atoms with Gasteiger partial charge in [0, 0.05) is 22.6 Å². The number of ether oxygens (including phenoxy) is 1. The van der Waals surface area contributed by atoms with Crippen molar-refractivity contribution in [3.05, 3.63) is 10.2 Å². The summed E-state index contributed by atoms with van der Waals surface area (Å²) in [4.78, 5) is 29.6. The van der Waals surface area contributed by atoms with E-state index in [9.17, 15) is 14.8 Å². The van der Waals surface area contributed by atoms with E-state index in [2.05, 4.69) is 19.5 Å². The van der Waals surface area contributed by atoms with E-state index in [4.69, 9.17) is 20.3 Å². The van der Waals surface area contributed by atoms with Crippen LogP contribution >= 0.6 is 30.4 Å². The Morgan fingerprint density at radius 2 is 2.08 bits per heavy atom. The number of aromatic nitrogens is 4. The SMILES string of the molecule is Nc1nc(I)nc2c1ncn2[C@@H]1O[C@H](COP(=O)(O)O)[C@@H](O)[C@H]1O. The number of aliphatic hydroxyl groups is 2. The molecule has 0 saturated carbocycles. The Balaban J connectivity index is 1.89. The number of nitrogens with zero attached hydrogens (tertiary/aromatic N) is 4. The number of phosphoric acid groups is 1. The van der Waals surface area contributed by atoms with Crippen LogP contribution in [-0.4, -0.2) is 64.4 Å². The van der Waals surface area contributed by atoms with Gasteiger partial charge in [-0.2, -0.15) is 0 Å². The fourth-order valence-corrected chi connectivity index (χ4v) is 3.19. The Kier molecular flexibility index (Phi) is 4.78. The molecule has 3 rings (SSSR count). The van der Waals surface area contributed by atoms with Crippen LogP contribution in [0.1, 0.15) is 6.23 Å². The highest BCUT2D eigenvalue weighted by Gasteiger charge is 2.45. The summed E-state index contributed by atoms with van der Waals surface area (Å²) >= 11 is 1.86. The van der Waals surface area contributed by atoms with Crippen LogP contribution in [0.25, 0.3) is 11.2 Å². The van der Waals surface area contributed by atoms with Crippen molar-refractivity contribution in [2.75, 3.05) is 12.3 Å². The third-order valence-corrected chi connectivity index (χ3v) is 4.41. The molecule has 24 heavy (non-hydrogen) atoms. The highest BCUT2D eigenvalue weighted by atomic mass is 127. The highest BCUT2D eigenvalue weighted by molar-refractivity contribution is 14.1. The molecular formula is C10H13IN5O7P. The number of nitrogen functional groups attached to an aromatic ring is 1. The zero-order chi connectivity index (χ0) is 17.6. The van der Waals surface area contributed by atoms with E-state index < -0.39 is 39.0 Å². The molecule has 0 aromatic carbocycles. The molecule has 2 aromatic heterocycles. The lowest BCUT2D eigenvalue weighted by Gasteiger charge is -2.16. The second-order valence-electron chi connectivity index (χ2n) is 5.03. The molecule has 3 heterocycles. The van der Waals surface area contributed by atoms with Crippen LogP contribution in [0.5, 0.6) is 0 Å². The Morgan fingerprint density at radius 3 is 2.75 bits per heavy atom. The third-order valence-electron chi connectivity index (χ3n) is 3.44. The first-order valence-corrected chi connectivity index (χ1v) is 9.15. The van der Waals surface area contributed by atoms with E-state index in [0.29, 0.717) is 15.0 Å². The third kappa shape index (κ3) is 3.39. The second kappa shape index (κ2) is 6.42. The first-order valence-electron chi connectivity index (χ1n) is 6.54. The lowest BCUT2D eigenvalue weighted by atomic mass is 10.1. The monoisotopic (exact) mass is 473 g/mol. The van der Waals surface area contributed by atoms with Gasteiger partial charge in [-0.25, -0.2) is 19.5 Å². The molecule has 0 spiro atoms. The van der Waals surface area contributed by atoms with Crippen LogP contribution in [0.15, 0.2) is 6.33 Å². The summed E-state index contributed by atoms with van der Waals surface area (Å²) in [5, 5.41) is 20.2. The molecule has 0 unspecified atom stereocenters. The Labute approximate surface area is 148 Å². The van der Waals surface area contributed by atoms with Gasteiger partial charge in [0.2, 0.25) is 0 Å².